The molecule has 174 valence electrons. The monoisotopic (exact) mass is 479 g/mol. The van der Waals surface area contributed by atoms with Gasteiger partial charge in [0.25, 0.3) is 0 Å². The number of nitrogens with one attached hydrogen (secondary N) is 2. The molecule has 34 heavy (non-hydrogen) atoms. The van der Waals surface area contributed by atoms with E-state index in [2.05, 4.69) is 19.7 Å². The van der Waals surface area contributed by atoms with Gasteiger partial charge in [-0.1, -0.05) is 12.1 Å². The minimum Gasteiger partial charge on any atom is -0.345 e. The molecule has 1 saturated carbocycles. The minimum absolute atomic E-state index is 0.235. The number of rotatable bonds is 7. The summed E-state index contributed by atoms with van der Waals surface area (Å²) < 4.78 is 42.5. The van der Waals surface area contributed by atoms with Gasteiger partial charge in [-0.05, 0) is 37.1 Å². The molecule has 1 fully saturated rings. The number of fused-ring (bicyclic) bond motifs is 1. The first-order valence-electron chi connectivity index (χ1n) is 10.7. The topological polar surface area (TPSA) is 108 Å². The number of anilines is 1. The molecular weight excluding hydrogens is 457 g/mol. The van der Waals surface area contributed by atoms with Crippen molar-refractivity contribution in [3.05, 3.63) is 77.6 Å². The Morgan fingerprint density at radius 2 is 1.85 bits per heavy atom. The van der Waals surface area contributed by atoms with Crippen LogP contribution in [-0.2, 0) is 10.2 Å². The Hall–Kier alpha value is -3.63. The molecule has 0 atom stereocenters. The zero-order valence-corrected chi connectivity index (χ0v) is 19.4. The van der Waals surface area contributed by atoms with Crippen LogP contribution in [0.25, 0.3) is 22.2 Å². The highest BCUT2D eigenvalue weighted by Crippen LogP contribution is 2.39. The van der Waals surface area contributed by atoms with E-state index in [1.165, 1.54) is 51.3 Å². The maximum atomic E-state index is 15.2. The van der Waals surface area contributed by atoms with Crippen molar-refractivity contribution in [2.45, 2.75) is 18.8 Å². The van der Waals surface area contributed by atoms with Crippen molar-refractivity contribution in [1.82, 2.24) is 19.3 Å². The Kier molecular flexibility index (Phi) is 5.41. The molecule has 2 N–H and O–H groups in total. The molecule has 0 spiro atoms. The van der Waals surface area contributed by atoms with Crippen LogP contribution in [0.3, 0.4) is 0 Å². The molecule has 0 unspecified atom stereocenters. The molecule has 0 saturated heterocycles. The molecular formula is C24H22FN5O3S. The Balaban J connectivity index is 1.50. The Morgan fingerprint density at radius 1 is 1.09 bits per heavy atom. The summed E-state index contributed by atoms with van der Waals surface area (Å²) in [6, 6.07) is 9.82. The van der Waals surface area contributed by atoms with Crippen molar-refractivity contribution in [1.29, 1.82) is 0 Å². The van der Waals surface area contributed by atoms with E-state index in [0.717, 1.165) is 21.1 Å². The van der Waals surface area contributed by atoms with Crippen molar-refractivity contribution in [3.8, 4) is 11.1 Å². The number of carbonyl (C=O) groups is 1. The van der Waals surface area contributed by atoms with Crippen LogP contribution in [0.4, 0.5) is 10.1 Å². The molecule has 0 radical (unpaired) electrons. The third kappa shape index (κ3) is 4.06. The van der Waals surface area contributed by atoms with Crippen LogP contribution >= 0.6 is 0 Å². The highest BCUT2D eigenvalue weighted by Gasteiger charge is 2.25. The Labute approximate surface area is 196 Å². The van der Waals surface area contributed by atoms with Crippen LogP contribution in [0, 0.1) is 5.82 Å². The lowest BCUT2D eigenvalue weighted by molar-refractivity contribution is 0.103. The number of benzene rings is 1. The third-order valence-corrected chi connectivity index (χ3v) is 7.29. The van der Waals surface area contributed by atoms with E-state index in [1.807, 2.05) is 18.2 Å². The number of hydrogen-bond donors (Lipinski definition) is 2. The van der Waals surface area contributed by atoms with E-state index in [4.69, 9.17) is 0 Å². The van der Waals surface area contributed by atoms with Crippen LogP contribution in [0.1, 0.15) is 40.4 Å². The van der Waals surface area contributed by atoms with Gasteiger partial charge in [0.15, 0.2) is 11.6 Å². The molecule has 1 aromatic carbocycles. The van der Waals surface area contributed by atoms with E-state index in [0.29, 0.717) is 17.0 Å². The zero-order chi connectivity index (χ0) is 24.0. The predicted octanol–water partition coefficient (Wildman–Crippen LogP) is 4.09. The van der Waals surface area contributed by atoms with Crippen LogP contribution in [0.2, 0.25) is 0 Å². The van der Waals surface area contributed by atoms with Gasteiger partial charge in [-0.2, -0.15) is 12.7 Å². The molecule has 0 bridgehead atoms. The lowest BCUT2D eigenvalue weighted by atomic mass is 10.0. The molecule has 1 aliphatic rings. The van der Waals surface area contributed by atoms with Crippen molar-refractivity contribution in [3.63, 3.8) is 0 Å². The second-order valence-corrected chi connectivity index (χ2v) is 10.3. The number of aromatic nitrogens is 3. The van der Waals surface area contributed by atoms with Gasteiger partial charge in [-0.3, -0.25) is 14.5 Å². The first-order chi connectivity index (χ1) is 16.2. The maximum absolute atomic E-state index is 15.2. The zero-order valence-electron chi connectivity index (χ0n) is 18.5. The Morgan fingerprint density at radius 3 is 2.53 bits per heavy atom. The number of halogens is 1. The molecule has 4 aromatic rings. The molecule has 1 aliphatic carbocycles. The number of carbonyl (C=O) groups excluding carboxylic acids is 1. The standard InChI is InChI=1S/C24H22FN5O3S/c1-30(2)34(32,33)29-21-5-3-4-17(22(21)25)23(31)19-13-28-24-18(19)10-16(12-27-24)15-8-9-20(26-11-15)14-6-7-14/h3-5,8-14,29H,6-7H2,1-2H3,(H,27,28). The second kappa shape index (κ2) is 8.30. The molecule has 5 rings (SSSR count). The summed E-state index contributed by atoms with van der Waals surface area (Å²) in [5.74, 6) is -0.983. The van der Waals surface area contributed by atoms with Gasteiger partial charge >= 0.3 is 10.2 Å². The van der Waals surface area contributed by atoms with E-state index in [1.54, 1.807) is 12.4 Å². The fraction of sp³-hybridized carbons (Fsp3) is 0.208. The van der Waals surface area contributed by atoms with Crippen LogP contribution in [0.5, 0.6) is 0 Å². The number of pyridine rings is 2. The van der Waals surface area contributed by atoms with E-state index >= 15 is 4.39 Å². The van der Waals surface area contributed by atoms with Gasteiger partial charge in [-0.25, -0.2) is 9.37 Å². The SMILES string of the molecule is CN(C)S(=O)(=O)Nc1cccc(C(=O)c2c[nH]c3ncc(-c4ccc(C5CC5)nc4)cc23)c1F. The normalized spacial score (nSPS) is 14.0. The van der Waals surface area contributed by atoms with Gasteiger partial charge in [0.1, 0.15) is 5.65 Å². The van der Waals surface area contributed by atoms with Gasteiger partial charge < -0.3 is 4.98 Å². The van der Waals surface area contributed by atoms with Crippen molar-refractivity contribution >= 4 is 32.7 Å². The van der Waals surface area contributed by atoms with Crippen LogP contribution in [0.15, 0.2) is 55.0 Å². The quantitative estimate of drug-likeness (QED) is 0.388. The maximum Gasteiger partial charge on any atom is 0.301 e. The Bertz CT molecular complexity index is 1510. The van der Waals surface area contributed by atoms with Gasteiger partial charge in [-0.15, -0.1) is 0 Å². The first kappa shape index (κ1) is 22.2. The minimum atomic E-state index is -3.94. The molecule has 3 heterocycles. The summed E-state index contributed by atoms with van der Waals surface area (Å²) in [7, 11) is -1.30. The number of ketones is 1. The van der Waals surface area contributed by atoms with Gasteiger partial charge in [0.2, 0.25) is 0 Å². The smallest absolute Gasteiger partial charge is 0.301 e. The molecule has 0 amide bonds. The van der Waals surface area contributed by atoms with E-state index < -0.39 is 21.8 Å². The fourth-order valence-corrected chi connectivity index (χ4v) is 4.33. The highest BCUT2D eigenvalue weighted by atomic mass is 32.2. The van der Waals surface area contributed by atoms with E-state index in [-0.39, 0.29) is 16.8 Å². The second-order valence-electron chi connectivity index (χ2n) is 8.45. The van der Waals surface area contributed by atoms with Crippen LogP contribution < -0.4 is 4.72 Å². The lowest BCUT2D eigenvalue weighted by Crippen LogP contribution is -2.29. The average molecular weight is 480 g/mol. The van der Waals surface area contributed by atoms with Crippen molar-refractivity contribution in [2.75, 3.05) is 18.8 Å². The summed E-state index contributed by atoms with van der Waals surface area (Å²) >= 11 is 0. The van der Waals surface area contributed by atoms with E-state index in [9.17, 15) is 13.2 Å². The largest absolute Gasteiger partial charge is 0.345 e. The average Bonchev–Trinajstić information content (AvgIpc) is 3.59. The number of H-pyrrole nitrogens is 1. The van der Waals surface area contributed by atoms with Gasteiger partial charge in [0.05, 0.1) is 11.3 Å². The predicted molar refractivity (Wildman–Crippen MR) is 127 cm³/mol. The summed E-state index contributed by atoms with van der Waals surface area (Å²) in [4.78, 5) is 25.2. The molecule has 3 aromatic heterocycles. The molecule has 0 aliphatic heterocycles. The third-order valence-electron chi connectivity index (χ3n) is 5.85. The number of aromatic amines is 1. The summed E-state index contributed by atoms with van der Waals surface area (Å²) in [5, 5.41) is 0.535. The summed E-state index contributed by atoms with van der Waals surface area (Å²) in [6.45, 7) is 0. The lowest BCUT2D eigenvalue weighted by Gasteiger charge is -2.14. The summed E-state index contributed by atoms with van der Waals surface area (Å²) in [6.07, 6.45) is 7.31. The molecule has 10 heteroatoms. The van der Waals surface area contributed by atoms with Crippen molar-refractivity contribution in [2.24, 2.45) is 0 Å². The summed E-state index contributed by atoms with van der Waals surface area (Å²) in [5.41, 5.74) is 2.89. The fourth-order valence-electron chi connectivity index (χ4n) is 3.71. The number of nitrogens with zero attached hydrogens (tertiary/aromatic N) is 3. The molecule has 8 nitrogen and oxygen atoms in total. The first-order valence-corrected chi connectivity index (χ1v) is 12.2. The van der Waals surface area contributed by atoms with Gasteiger partial charge in [0, 0.05) is 66.4 Å². The number of hydrogen-bond acceptors (Lipinski definition) is 5. The van der Waals surface area contributed by atoms with Crippen LogP contribution in [-0.4, -0.2) is 47.6 Å². The van der Waals surface area contributed by atoms with Crippen molar-refractivity contribution < 1.29 is 17.6 Å². The highest BCUT2D eigenvalue weighted by molar-refractivity contribution is 7.90.